The molecular formula is C16H28N6O2. The van der Waals surface area contributed by atoms with Crippen LogP contribution in [0.5, 0.6) is 0 Å². The van der Waals surface area contributed by atoms with Gasteiger partial charge < -0.3 is 21.9 Å². The molecule has 1 saturated heterocycles. The van der Waals surface area contributed by atoms with Gasteiger partial charge in [-0.3, -0.25) is 20.1 Å². The van der Waals surface area contributed by atoms with Gasteiger partial charge in [0.2, 0.25) is 0 Å². The summed E-state index contributed by atoms with van der Waals surface area (Å²) in [6.07, 6.45) is 7.38. The molecule has 0 saturated carbocycles. The highest BCUT2D eigenvalue weighted by molar-refractivity contribution is 5.74. The summed E-state index contributed by atoms with van der Waals surface area (Å²) in [6, 6.07) is 3.97. The van der Waals surface area contributed by atoms with E-state index in [1.165, 1.54) is 24.9 Å². The number of likely N-dealkylation sites (tertiary alicyclic amines) is 1. The van der Waals surface area contributed by atoms with Gasteiger partial charge in [0.1, 0.15) is 6.04 Å². The number of guanidine groups is 1. The maximum Gasteiger partial charge on any atom is 0.320 e. The van der Waals surface area contributed by atoms with Gasteiger partial charge >= 0.3 is 5.97 Å². The molecule has 8 nitrogen and oxygen atoms in total. The molecule has 0 bridgehead atoms. The Morgan fingerprint density at radius 2 is 2.38 bits per heavy atom. The number of rotatable bonds is 6. The molecule has 2 atom stereocenters. The lowest BCUT2D eigenvalue weighted by Crippen LogP contribution is -2.34. The van der Waals surface area contributed by atoms with Crippen LogP contribution in [0.25, 0.3) is 0 Å². The normalized spacial score (nSPS) is 18.3. The van der Waals surface area contributed by atoms with Gasteiger partial charge in [-0.2, -0.15) is 0 Å². The zero-order valence-electron chi connectivity index (χ0n) is 14.1. The van der Waals surface area contributed by atoms with Crippen molar-refractivity contribution in [2.75, 3.05) is 20.1 Å². The predicted octanol–water partition coefficient (Wildman–Crippen LogP) is 0.510. The SMILES string of the molecule is CN1CCC[C@H]1c1cccnc1.N=C(N)NCCCC(N)C(=O)O. The summed E-state index contributed by atoms with van der Waals surface area (Å²) in [6.45, 7) is 1.70. The minimum absolute atomic E-state index is 0.112. The third kappa shape index (κ3) is 7.38. The highest BCUT2D eigenvalue weighted by atomic mass is 16.4. The maximum absolute atomic E-state index is 10.2. The maximum atomic E-state index is 10.2. The Bertz CT molecular complexity index is 511. The minimum atomic E-state index is -1.00. The smallest absolute Gasteiger partial charge is 0.320 e. The van der Waals surface area contributed by atoms with Crippen LogP contribution in [0.2, 0.25) is 0 Å². The molecular weight excluding hydrogens is 308 g/mol. The van der Waals surface area contributed by atoms with Crippen LogP contribution in [0.4, 0.5) is 0 Å². The number of nitrogens with zero attached hydrogens (tertiary/aromatic N) is 2. The molecule has 2 rings (SSSR count). The molecule has 1 aromatic heterocycles. The van der Waals surface area contributed by atoms with Gasteiger partial charge in [0.05, 0.1) is 0 Å². The Labute approximate surface area is 142 Å². The molecule has 0 amide bonds. The molecule has 0 radical (unpaired) electrons. The van der Waals surface area contributed by atoms with Crippen molar-refractivity contribution in [2.24, 2.45) is 11.5 Å². The molecule has 0 aromatic carbocycles. The predicted molar refractivity (Wildman–Crippen MR) is 93.6 cm³/mol. The Hall–Kier alpha value is -2.19. The van der Waals surface area contributed by atoms with Crippen molar-refractivity contribution >= 4 is 11.9 Å². The van der Waals surface area contributed by atoms with E-state index in [4.69, 9.17) is 22.0 Å². The number of carbonyl (C=O) groups is 1. The number of aromatic nitrogens is 1. The van der Waals surface area contributed by atoms with Gasteiger partial charge in [-0.25, -0.2) is 0 Å². The van der Waals surface area contributed by atoms with Crippen LogP contribution in [0.1, 0.15) is 37.3 Å². The summed E-state index contributed by atoms with van der Waals surface area (Å²) >= 11 is 0. The first-order valence-electron chi connectivity index (χ1n) is 8.08. The topological polar surface area (TPSA) is 141 Å². The van der Waals surface area contributed by atoms with E-state index in [-0.39, 0.29) is 5.96 Å². The van der Waals surface area contributed by atoms with E-state index in [0.29, 0.717) is 25.4 Å². The van der Waals surface area contributed by atoms with E-state index < -0.39 is 12.0 Å². The molecule has 1 fully saturated rings. The van der Waals surface area contributed by atoms with Crippen molar-refractivity contribution in [1.82, 2.24) is 15.2 Å². The van der Waals surface area contributed by atoms with Crippen LogP contribution >= 0.6 is 0 Å². The number of nitrogens with one attached hydrogen (secondary N) is 2. The highest BCUT2D eigenvalue weighted by Crippen LogP contribution is 2.29. The van der Waals surface area contributed by atoms with Crippen LogP contribution in [-0.4, -0.2) is 53.1 Å². The first-order valence-corrected chi connectivity index (χ1v) is 8.08. The molecule has 0 spiro atoms. The van der Waals surface area contributed by atoms with Crippen LogP contribution < -0.4 is 16.8 Å². The third-order valence-electron chi connectivity index (χ3n) is 3.91. The first kappa shape index (κ1) is 19.9. The second-order valence-electron chi connectivity index (χ2n) is 5.85. The second kappa shape index (κ2) is 10.6. The fourth-order valence-corrected chi connectivity index (χ4v) is 2.57. The molecule has 1 aliphatic rings. The van der Waals surface area contributed by atoms with E-state index in [1.807, 2.05) is 18.5 Å². The minimum Gasteiger partial charge on any atom is -0.480 e. The molecule has 2 heterocycles. The molecule has 0 aliphatic carbocycles. The summed E-state index contributed by atoms with van der Waals surface area (Å²) in [5.41, 5.74) is 11.6. The fraction of sp³-hybridized carbons (Fsp3) is 0.562. The van der Waals surface area contributed by atoms with Crippen molar-refractivity contribution in [3.8, 4) is 0 Å². The van der Waals surface area contributed by atoms with E-state index in [9.17, 15) is 4.79 Å². The Kier molecular flexibility index (Phi) is 8.74. The number of carboxylic acid groups (broad SMARTS) is 1. The van der Waals surface area contributed by atoms with Crippen molar-refractivity contribution in [3.63, 3.8) is 0 Å². The van der Waals surface area contributed by atoms with Crippen LogP contribution in [0.15, 0.2) is 24.5 Å². The number of hydrogen-bond acceptors (Lipinski definition) is 5. The number of nitrogens with two attached hydrogens (primary N) is 2. The Morgan fingerprint density at radius 3 is 2.88 bits per heavy atom. The monoisotopic (exact) mass is 336 g/mol. The summed E-state index contributed by atoms with van der Waals surface area (Å²) in [5.74, 6) is -1.11. The molecule has 24 heavy (non-hydrogen) atoms. The highest BCUT2D eigenvalue weighted by Gasteiger charge is 2.21. The van der Waals surface area contributed by atoms with Gasteiger partial charge in [0.15, 0.2) is 5.96 Å². The number of aliphatic carboxylic acids is 1. The van der Waals surface area contributed by atoms with Gasteiger partial charge in [-0.05, 0) is 50.9 Å². The number of carboxylic acids is 1. The number of pyridine rings is 1. The lowest BCUT2D eigenvalue weighted by atomic mass is 10.1. The lowest BCUT2D eigenvalue weighted by molar-refractivity contribution is -0.138. The zero-order chi connectivity index (χ0) is 17.9. The van der Waals surface area contributed by atoms with E-state index >= 15 is 0 Å². The third-order valence-corrected chi connectivity index (χ3v) is 3.91. The fourth-order valence-electron chi connectivity index (χ4n) is 2.57. The van der Waals surface area contributed by atoms with Crippen LogP contribution in [-0.2, 0) is 4.79 Å². The van der Waals surface area contributed by atoms with Gasteiger partial charge in [-0.1, -0.05) is 6.07 Å². The van der Waals surface area contributed by atoms with Crippen molar-refractivity contribution < 1.29 is 9.90 Å². The van der Waals surface area contributed by atoms with Crippen molar-refractivity contribution in [3.05, 3.63) is 30.1 Å². The average molecular weight is 336 g/mol. The van der Waals surface area contributed by atoms with Crippen LogP contribution in [0.3, 0.4) is 0 Å². The second-order valence-corrected chi connectivity index (χ2v) is 5.85. The van der Waals surface area contributed by atoms with Gasteiger partial charge in [-0.15, -0.1) is 0 Å². The number of hydrogen-bond donors (Lipinski definition) is 5. The van der Waals surface area contributed by atoms with Gasteiger partial charge in [0, 0.05) is 25.0 Å². The summed E-state index contributed by atoms with van der Waals surface area (Å²) in [5, 5.41) is 17.7. The van der Waals surface area contributed by atoms with E-state index in [0.717, 1.165) is 0 Å². The molecule has 8 heteroatoms. The zero-order valence-corrected chi connectivity index (χ0v) is 14.1. The lowest BCUT2D eigenvalue weighted by Gasteiger charge is -2.18. The average Bonchev–Trinajstić information content (AvgIpc) is 2.98. The van der Waals surface area contributed by atoms with Crippen LogP contribution in [0, 0.1) is 5.41 Å². The first-order chi connectivity index (χ1) is 11.4. The molecule has 1 aromatic rings. The largest absolute Gasteiger partial charge is 0.480 e. The Morgan fingerprint density at radius 1 is 1.62 bits per heavy atom. The van der Waals surface area contributed by atoms with E-state index in [1.54, 1.807) is 0 Å². The Balaban J connectivity index is 0.000000240. The molecule has 1 aliphatic heterocycles. The summed E-state index contributed by atoms with van der Waals surface area (Å²) in [7, 11) is 2.19. The van der Waals surface area contributed by atoms with E-state index in [2.05, 4.69) is 28.3 Å². The van der Waals surface area contributed by atoms with Crippen molar-refractivity contribution in [1.29, 1.82) is 5.41 Å². The summed E-state index contributed by atoms with van der Waals surface area (Å²) < 4.78 is 0. The van der Waals surface area contributed by atoms with Gasteiger partial charge in [0.25, 0.3) is 0 Å². The standard InChI is InChI=1S/C10H14N2.C6H14N4O2/c1-12-7-3-5-10(12)9-4-2-6-11-8-9;7-4(5(11)12)2-1-3-10-6(8)9/h2,4,6,8,10H,3,5,7H2,1H3;4H,1-3,7H2,(H,11,12)(H4,8,9,10)/t10-;/m0./s1. The molecule has 7 N–H and O–H groups in total. The molecule has 134 valence electrons. The van der Waals surface area contributed by atoms with Crippen molar-refractivity contribution in [2.45, 2.75) is 37.8 Å². The summed E-state index contributed by atoms with van der Waals surface area (Å²) in [4.78, 5) is 16.8. The quantitative estimate of drug-likeness (QED) is 0.289. The molecule has 1 unspecified atom stereocenters.